The van der Waals surface area contributed by atoms with Crippen LogP contribution >= 0.6 is 0 Å². The van der Waals surface area contributed by atoms with Crippen LogP contribution in [0.5, 0.6) is 0 Å². The Bertz CT molecular complexity index is 884. The summed E-state index contributed by atoms with van der Waals surface area (Å²) < 4.78 is 0. The van der Waals surface area contributed by atoms with Crippen molar-refractivity contribution in [3.8, 4) is 0 Å². The predicted molar refractivity (Wildman–Crippen MR) is 164 cm³/mol. The van der Waals surface area contributed by atoms with Crippen molar-refractivity contribution in [3.05, 3.63) is 43.2 Å². The summed E-state index contributed by atoms with van der Waals surface area (Å²) in [6, 6.07) is 6.74. The lowest BCUT2D eigenvalue weighted by atomic mass is 9.44. The first-order valence-corrected chi connectivity index (χ1v) is 16.0. The summed E-state index contributed by atoms with van der Waals surface area (Å²) in [6.45, 7) is 16.4. The molecule has 0 saturated heterocycles. The molecule has 0 unspecified atom stereocenters. The first-order valence-electron chi connectivity index (χ1n) is 16.0. The number of rotatable bonds is 9. The van der Waals surface area contributed by atoms with Crippen molar-refractivity contribution < 1.29 is 15.0 Å². The second-order valence-electron chi connectivity index (χ2n) is 13.3. The molecule has 40 heavy (non-hydrogen) atoms. The monoisotopic (exact) mass is 555 g/mol. The molecule has 4 aliphatic rings. The van der Waals surface area contributed by atoms with Crippen molar-refractivity contribution in [2.45, 2.75) is 110 Å². The molecule has 0 bridgehead atoms. The van der Waals surface area contributed by atoms with Crippen LogP contribution in [0.1, 0.15) is 97.1 Å². The smallest absolute Gasteiger partial charge is 0.290 e. The second-order valence-corrected chi connectivity index (χ2v) is 13.3. The number of carbonyl (C=O) groups is 1. The lowest BCUT2D eigenvalue weighted by Gasteiger charge is -2.62. The van der Waals surface area contributed by atoms with Gasteiger partial charge in [-0.25, -0.2) is 0 Å². The average Bonchev–Trinajstić information content (AvgIpc) is 3.31. The molecule has 1 aromatic heterocycles. The van der Waals surface area contributed by atoms with Gasteiger partial charge >= 0.3 is 0 Å². The van der Waals surface area contributed by atoms with Gasteiger partial charge in [0, 0.05) is 18.8 Å². The van der Waals surface area contributed by atoms with Gasteiger partial charge in [0.15, 0.2) is 0 Å². The van der Waals surface area contributed by atoms with Gasteiger partial charge in [0.1, 0.15) is 0 Å². The molecule has 0 amide bonds. The highest BCUT2D eigenvalue weighted by Crippen LogP contribution is 2.67. The maximum absolute atomic E-state index is 11.5. The zero-order valence-electron chi connectivity index (χ0n) is 25.5. The zero-order chi connectivity index (χ0) is 29.2. The summed E-state index contributed by atoms with van der Waals surface area (Å²) in [4.78, 5) is 12.7. The summed E-state index contributed by atoms with van der Waals surface area (Å²) in [5.41, 5.74) is 2.06. The molecule has 0 aromatic carbocycles. The topological polar surface area (TPSA) is 94.5 Å². The Morgan fingerprint density at radius 2 is 1.73 bits per heavy atom. The number of aromatic nitrogens is 1. The fraction of sp³-hybridized carbons (Fsp3) is 0.765. The molecule has 4 N–H and O–H groups in total. The normalized spacial score (nSPS) is 37.9. The minimum atomic E-state index is -0.250. The average molecular weight is 556 g/mol. The molecule has 5 rings (SSSR count). The van der Waals surface area contributed by atoms with E-state index in [4.69, 9.17) is 9.90 Å². The first-order chi connectivity index (χ1) is 19.4. The molecule has 9 atom stereocenters. The van der Waals surface area contributed by atoms with Gasteiger partial charge in [0.05, 0.1) is 11.8 Å². The molecule has 0 aliphatic heterocycles. The third-order valence-electron chi connectivity index (χ3n) is 11.6. The number of carboxylic acid groups (broad SMARTS) is 1. The molecule has 1 heterocycles. The number of nitrogens with zero attached hydrogens (tertiary/aromatic N) is 1. The van der Waals surface area contributed by atoms with Crippen molar-refractivity contribution in [1.29, 1.82) is 0 Å². The van der Waals surface area contributed by atoms with E-state index in [1.807, 2.05) is 12.3 Å². The van der Waals surface area contributed by atoms with Crippen molar-refractivity contribution in [3.63, 3.8) is 0 Å². The number of unbranched alkanes of at least 4 members (excludes halogenated alkanes) is 1. The first kappa shape index (κ1) is 32.8. The molecule has 4 aliphatic carbocycles. The molecule has 226 valence electrons. The van der Waals surface area contributed by atoms with Crippen LogP contribution in [0.4, 0.5) is 0 Å². The highest BCUT2D eigenvalue weighted by molar-refractivity contribution is 5.32. The van der Waals surface area contributed by atoms with Gasteiger partial charge in [-0.2, -0.15) is 0 Å². The van der Waals surface area contributed by atoms with Crippen molar-refractivity contribution >= 4 is 6.47 Å². The number of fused-ring (bicyclic) bond motifs is 5. The number of nitrogens with one attached hydrogen (secondary N) is 2. The van der Waals surface area contributed by atoms with E-state index >= 15 is 0 Å². The van der Waals surface area contributed by atoms with Gasteiger partial charge in [0.25, 0.3) is 6.47 Å². The Kier molecular flexibility index (Phi) is 12.7. The third kappa shape index (κ3) is 7.17. The quantitative estimate of drug-likeness (QED) is 0.159. The highest BCUT2D eigenvalue weighted by Gasteiger charge is 2.62. The predicted octanol–water partition coefficient (Wildman–Crippen LogP) is 6.45. The van der Waals surface area contributed by atoms with Crippen molar-refractivity contribution in [2.24, 2.45) is 40.4 Å². The summed E-state index contributed by atoms with van der Waals surface area (Å²) in [7, 11) is 0. The Balaban J connectivity index is 0.000000827. The Morgan fingerprint density at radius 1 is 1.02 bits per heavy atom. The molecule has 0 radical (unpaired) electrons. The maximum Gasteiger partial charge on any atom is 0.290 e. The minimum absolute atomic E-state index is 0.0674. The van der Waals surface area contributed by atoms with Gasteiger partial charge in [0.2, 0.25) is 0 Å². The lowest BCUT2D eigenvalue weighted by molar-refractivity contribution is -0.165. The largest absolute Gasteiger partial charge is 0.483 e. The van der Waals surface area contributed by atoms with E-state index in [0.717, 1.165) is 49.5 Å². The summed E-state index contributed by atoms with van der Waals surface area (Å²) in [5.74, 6) is 3.65. The number of pyridine rings is 1. The zero-order valence-corrected chi connectivity index (χ0v) is 25.5. The van der Waals surface area contributed by atoms with Crippen LogP contribution in [0.25, 0.3) is 0 Å². The van der Waals surface area contributed by atoms with Crippen LogP contribution in [-0.2, 0) is 11.3 Å². The maximum atomic E-state index is 11.5. The minimum Gasteiger partial charge on any atom is -0.483 e. The van der Waals surface area contributed by atoms with Crippen LogP contribution in [0.2, 0.25) is 0 Å². The summed E-state index contributed by atoms with van der Waals surface area (Å²) in [5, 5.41) is 25.8. The number of hydrogen-bond donors (Lipinski definition) is 4. The molecule has 6 heteroatoms. The molecular weight excluding hydrogens is 498 g/mol. The van der Waals surface area contributed by atoms with Gasteiger partial charge in [-0.1, -0.05) is 33.3 Å². The summed E-state index contributed by atoms with van der Waals surface area (Å²) >= 11 is 0. The van der Waals surface area contributed by atoms with Crippen molar-refractivity contribution in [1.82, 2.24) is 15.6 Å². The lowest BCUT2D eigenvalue weighted by Crippen LogP contribution is -2.59. The van der Waals surface area contributed by atoms with E-state index in [-0.39, 0.29) is 12.6 Å². The summed E-state index contributed by atoms with van der Waals surface area (Å²) in [6.07, 6.45) is 16.1. The molecule has 1 aromatic rings. The standard InChI is InChI=1S/C31H51N3O.C2H4.CH2O2/c1-4-22-10-11-26-29-27(13-15-30(22,26)2)31(3)14-12-24(19-23(31)20-28(29)35)33-18-8-7-16-32-21-25-9-5-6-17-34-25;1-2;2-1-3/h5-6,9,17,22-24,26-29,32-33,35H,4,7-8,10-16,18-21H2,1-3H3;1-2H2;1H,(H,2,3)/t22-,23+,24-,26-,27-,28+,29-,30+,31-;;/m0../s1. The highest BCUT2D eigenvalue weighted by atomic mass is 16.3. The van der Waals surface area contributed by atoms with Crippen LogP contribution < -0.4 is 10.6 Å². The van der Waals surface area contributed by atoms with Crippen LogP contribution in [0.15, 0.2) is 37.6 Å². The fourth-order valence-electron chi connectivity index (χ4n) is 9.59. The van der Waals surface area contributed by atoms with Crippen molar-refractivity contribution in [2.75, 3.05) is 13.1 Å². The molecule has 0 spiro atoms. The third-order valence-corrected chi connectivity index (χ3v) is 11.6. The van der Waals surface area contributed by atoms with Crippen LogP contribution in [0.3, 0.4) is 0 Å². The molecular formula is C34H57N3O3. The number of hydrogen-bond acceptors (Lipinski definition) is 5. The van der Waals surface area contributed by atoms with E-state index in [0.29, 0.717) is 28.7 Å². The van der Waals surface area contributed by atoms with E-state index < -0.39 is 0 Å². The van der Waals surface area contributed by atoms with E-state index in [9.17, 15) is 5.11 Å². The Morgan fingerprint density at radius 3 is 2.42 bits per heavy atom. The van der Waals surface area contributed by atoms with Gasteiger partial charge in [-0.05, 0) is 130 Å². The molecule has 4 fully saturated rings. The SMILES string of the molecule is C=C.CC[C@H]1CC[C@H]2[C@@H]3[C@H](O)C[C@H]4C[C@@H](NCCCCNCc5ccccn5)CC[C@]4(C)[C@H]3CC[C@]12C.O=CO. The molecule has 4 saturated carbocycles. The van der Waals surface area contributed by atoms with Crippen LogP contribution in [0, 0.1) is 40.4 Å². The van der Waals surface area contributed by atoms with Gasteiger partial charge in [-0.15, -0.1) is 13.2 Å². The van der Waals surface area contributed by atoms with E-state index in [2.05, 4.69) is 61.7 Å². The Hall–Kier alpha value is -1.76. The number of aliphatic hydroxyl groups is 1. The fourth-order valence-corrected chi connectivity index (χ4v) is 9.59. The second kappa shape index (κ2) is 15.5. The Labute approximate surface area is 243 Å². The molecule has 6 nitrogen and oxygen atoms in total. The van der Waals surface area contributed by atoms with Crippen LogP contribution in [-0.4, -0.2) is 46.9 Å². The van der Waals surface area contributed by atoms with Gasteiger partial charge in [-0.3, -0.25) is 9.78 Å². The number of aliphatic hydroxyl groups excluding tert-OH is 1. The van der Waals surface area contributed by atoms with E-state index in [1.165, 1.54) is 64.2 Å². The van der Waals surface area contributed by atoms with Gasteiger partial charge < -0.3 is 20.8 Å². The van der Waals surface area contributed by atoms with E-state index in [1.54, 1.807) is 0 Å².